The van der Waals surface area contributed by atoms with Crippen LogP contribution in [0.25, 0.3) is 0 Å². The average Bonchev–Trinajstić information content (AvgIpc) is 2.91. The van der Waals surface area contributed by atoms with Crippen LogP contribution in [0.3, 0.4) is 0 Å². The van der Waals surface area contributed by atoms with Crippen LogP contribution in [-0.2, 0) is 21.3 Å². The second kappa shape index (κ2) is 7.31. The van der Waals surface area contributed by atoms with Crippen molar-refractivity contribution in [2.75, 3.05) is 19.8 Å². The normalized spacial score (nSPS) is 19.0. The van der Waals surface area contributed by atoms with Gasteiger partial charge in [-0.15, -0.1) is 0 Å². The Morgan fingerprint density at radius 2 is 2.24 bits per heavy atom. The van der Waals surface area contributed by atoms with Crippen molar-refractivity contribution in [1.82, 2.24) is 10.0 Å². The quantitative estimate of drug-likeness (QED) is 0.746. The first kappa shape index (κ1) is 16.4. The minimum Gasteiger partial charge on any atom is -0.380 e. The van der Waals surface area contributed by atoms with Crippen molar-refractivity contribution in [3.05, 3.63) is 29.6 Å². The Morgan fingerprint density at radius 1 is 1.43 bits per heavy atom. The van der Waals surface area contributed by atoms with Gasteiger partial charge >= 0.3 is 0 Å². The van der Waals surface area contributed by atoms with E-state index in [0.29, 0.717) is 26.2 Å². The lowest BCUT2D eigenvalue weighted by Crippen LogP contribution is -2.35. The molecule has 2 rings (SSSR count). The SMILES string of the molecule is CCCNCc1ccc(S(=O)(=O)NC2CCOC2)c(F)c1. The lowest BCUT2D eigenvalue weighted by Gasteiger charge is -2.12. The van der Waals surface area contributed by atoms with Crippen molar-refractivity contribution in [2.24, 2.45) is 0 Å². The molecule has 7 heteroatoms. The minimum absolute atomic E-state index is 0.278. The van der Waals surface area contributed by atoms with E-state index in [1.54, 1.807) is 6.07 Å². The molecule has 1 saturated heterocycles. The highest BCUT2D eigenvalue weighted by atomic mass is 32.2. The molecule has 0 spiro atoms. The Hall–Kier alpha value is -1.02. The molecule has 1 heterocycles. The second-order valence-electron chi connectivity index (χ2n) is 5.12. The molecule has 0 aromatic heterocycles. The zero-order valence-electron chi connectivity index (χ0n) is 12.1. The number of hydrogen-bond acceptors (Lipinski definition) is 4. The van der Waals surface area contributed by atoms with Crippen molar-refractivity contribution in [3.63, 3.8) is 0 Å². The summed E-state index contributed by atoms with van der Waals surface area (Å²) in [7, 11) is -3.84. The Bertz CT molecular complexity index is 572. The summed E-state index contributed by atoms with van der Waals surface area (Å²) in [4.78, 5) is -0.311. The summed E-state index contributed by atoms with van der Waals surface area (Å²) in [6.07, 6.45) is 1.60. The maximum Gasteiger partial charge on any atom is 0.243 e. The van der Waals surface area contributed by atoms with Crippen LogP contribution in [-0.4, -0.2) is 34.2 Å². The number of benzene rings is 1. The molecule has 1 atom stereocenters. The Labute approximate surface area is 124 Å². The molecule has 1 aromatic carbocycles. The zero-order chi connectivity index (χ0) is 15.3. The summed E-state index contributed by atoms with van der Waals surface area (Å²) in [6.45, 7) is 4.26. The van der Waals surface area contributed by atoms with Crippen molar-refractivity contribution in [1.29, 1.82) is 0 Å². The number of sulfonamides is 1. The fourth-order valence-electron chi connectivity index (χ4n) is 2.19. The Kier molecular flexibility index (Phi) is 5.69. The Balaban J connectivity index is 2.08. The highest BCUT2D eigenvalue weighted by Crippen LogP contribution is 2.18. The van der Waals surface area contributed by atoms with E-state index in [0.717, 1.165) is 18.5 Å². The van der Waals surface area contributed by atoms with Gasteiger partial charge in [0.25, 0.3) is 0 Å². The van der Waals surface area contributed by atoms with Crippen LogP contribution in [0.4, 0.5) is 4.39 Å². The highest BCUT2D eigenvalue weighted by Gasteiger charge is 2.25. The first-order valence-electron chi connectivity index (χ1n) is 7.12. The average molecular weight is 316 g/mol. The van der Waals surface area contributed by atoms with Gasteiger partial charge in [0.05, 0.1) is 6.61 Å². The third kappa shape index (κ3) is 4.47. The summed E-state index contributed by atoms with van der Waals surface area (Å²) in [5.74, 6) is -0.725. The van der Waals surface area contributed by atoms with Gasteiger partial charge in [0, 0.05) is 19.2 Å². The molecular weight excluding hydrogens is 295 g/mol. The Morgan fingerprint density at radius 3 is 2.86 bits per heavy atom. The number of rotatable bonds is 7. The van der Waals surface area contributed by atoms with Gasteiger partial charge in [0.15, 0.2) is 0 Å². The van der Waals surface area contributed by atoms with Gasteiger partial charge in [0.1, 0.15) is 10.7 Å². The van der Waals surface area contributed by atoms with Crippen LogP contribution in [0, 0.1) is 5.82 Å². The second-order valence-corrected chi connectivity index (χ2v) is 6.81. The smallest absolute Gasteiger partial charge is 0.243 e. The summed E-state index contributed by atoms with van der Waals surface area (Å²) in [5, 5.41) is 3.15. The van der Waals surface area contributed by atoms with Gasteiger partial charge in [-0.1, -0.05) is 13.0 Å². The molecule has 2 N–H and O–H groups in total. The maximum atomic E-state index is 14.1. The fourth-order valence-corrected chi connectivity index (χ4v) is 3.51. The van der Waals surface area contributed by atoms with Crippen LogP contribution in [0.1, 0.15) is 25.3 Å². The van der Waals surface area contributed by atoms with Crippen LogP contribution in [0.15, 0.2) is 23.1 Å². The van der Waals surface area contributed by atoms with Gasteiger partial charge in [0.2, 0.25) is 10.0 Å². The van der Waals surface area contributed by atoms with Gasteiger partial charge < -0.3 is 10.1 Å². The summed E-state index contributed by atoms with van der Waals surface area (Å²) in [6, 6.07) is 3.94. The summed E-state index contributed by atoms with van der Waals surface area (Å²) in [5.41, 5.74) is 0.726. The first-order valence-corrected chi connectivity index (χ1v) is 8.60. The molecule has 0 radical (unpaired) electrons. The lowest BCUT2D eigenvalue weighted by atomic mass is 10.2. The predicted octanol–water partition coefficient (Wildman–Crippen LogP) is 1.39. The van der Waals surface area contributed by atoms with Crippen LogP contribution < -0.4 is 10.0 Å². The van der Waals surface area contributed by atoms with Crippen LogP contribution in [0.5, 0.6) is 0 Å². The molecule has 5 nitrogen and oxygen atoms in total. The number of nitrogens with one attached hydrogen (secondary N) is 2. The maximum absolute atomic E-state index is 14.1. The molecular formula is C14H21FN2O3S. The topological polar surface area (TPSA) is 67.4 Å². The van der Waals surface area contributed by atoms with Gasteiger partial charge in [-0.05, 0) is 37.1 Å². The molecule has 21 heavy (non-hydrogen) atoms. The standard InChI is InChI=1S/C14H21FN2O3S/c1-2-6-16-9-11-3-4-14(13(15)8-11)21(18,19)17-12-5-7-20-10-12/h3-4,8,12,16-17H,2,5-7,9-10H2,1H3. The van der Waals surface area contributed by atoms with Crippen LogP contribution in [0.2, 0.25) is 0 Å². The van der Waals surface area contributed by atoms with E-state index in [4.69, 9.17) is 4.74 Å². The highest BCUT2D eigenvalue weighted by molar-refractivity contribution is 7.89. The summed E-state index contributed by atoms with van der Waals surface area (Å²) < 4.78 is 46.0. The minimum atomic E-state index is -3.84. The largest absolute Gasteiger partial charge is 0.380 e. The van der Waals surface area contributed by atoms with Crippen molar-refractivity contribution >= 4 is 10.0 Å². The van der Waals surface area contributed by atoms with Gasteiger partial charge in [-0.2, -0.15) is 0 Å². The van der Waals surface area contributed by atoms with E-state index in [1.807, 2.05) is 6.92 Å². The molecule has 0 saturated carbocycles. The number of halogens is 1. The van der Waals surface area contributed by atoms with Gasteiger partial charge in [-0.3, -0.25) is 0 Å². The summed E-state index contributed by atoms with van der Waals surface area (Å²) >= 11 is 0. The molecule has 118 valence electrons. The van der Waals surface area contributed by atoms with Crippen LogP contribution >= 0.6 is 0 Å². The molecule has 0 bridgehead atoms. The molecule has 1 aromatic rings. The van der Waals surface area contributed by atoms with Gasteiger partial charge in [-0.25, -0.2) is 17.5 Å². The number of ether oxygens (including phenoxy) is 1. The molecule has 1 fully saturated rings. The third-order valence-electron chi connectivity index (χ3n) is 3.29. The van der Waals surface area contributed by atoms with E-state index in [-0.39, 0.29) is 10.9 Å². The van der Waals surface area contributed by atoms with E-state index < -0.39 is 15.8 Å². The lowest BCUT2D eigenvalue weighted by molar-refractivity contribution is 0.192. The predicted molar refractivity (Wildman–Crippen MR) is 77.9 cm³/mol. The molecule has 1 aliphatic heterocycles. The van der Waals surface area contributed by atoms with E-state index in [2.05, 4.69) is 10.0 Å². The molecule has 0 aliphatic carbocycles. The van der Waals surface area contributed by atoms with E-state index in [9.17, 15) is 12.8 Å². The fraction of sp³-hybridized carbons (Fsp3) is 0.571. The monoisotopic (exact) mass is 316 g/mol. The first-order chi connectivity index (χ1) is 10.0. The van der Waals surface area contributed by atoms with Crippen molar-refractivity contribution < 1.29 is 17.5 Å². The zero-order valence-corrected chi connectivity index (χ0v) is 12.9. The van der Waals surface area contributed by atoms with Crippen molar-refractivity contribution in [2.45, 2.75) is 37.2 Å². The van der Waals surface area contributed by atoms with E-state index >= 15 is 0 Å². The van der Waals surface area contributed by atoms with Crippen molar-refractivity contribution in [3.8, 4) is 0 Å². The molecule has 1 unspecified atom stereocenters. The molecule has 1 aliphatic rings. The molecule has 0 amide bonds. The van der Waals surface area contributed by atoms with E-state index in [1.165, 1.54) is 12.1 Å². The third-order valence-corrected chi connectivity index (χ3v) is 4.85. The number of hydrogen-bond donors (Lipinski definition) is 2.